The highest BCUT2D eigenvalue weighted by molar-refractivity contribution is 9.11. The quantitative estimate of drug-likeness (QED) is 0.658. The molecule has 0 spiro atoms. The predicted molar refractivity (Wildman–Crippen MR) is 91.6 cm³/mol. The van der Waals surface area contributed by atoms with E-state index in [2.05, 4.69) is 57.6 Å². The van der Waals surface area contributed by atoms with Crippen molar-refractivity contribution in [3.05, 3.63) is 37.9 Å². The number of aromatic nitrogens is 2. The van der Waals surface area contributed by atoms with Crippen molar-refractivity contribution in [1.82, 2.24) is 9.78 Å². The molecule has 3 N–H and O–H groups in total. The van der Waals surface area contributed by atoms with Crippen LogP contribution in [0.3, 0.4) is 0 Å². The van der Waals surface area contributed by atoms with E-state index in [0.717, 1.165) is 4.47 Å². The second-order valence-electron chi connectivity index (χ2n) is 4.08. The minimum Gasteiger partial charge on any atom is -0.329 e. The predicted octanol–water partition coefficient (Wildman–Crippen LogP) is 2.93. The molecule has 0 amide bonds. The van der Waals surface area contributed by atoms with E-state index >= 15 is 0 Å². The van der Waals surface area contributed by atoms with Crippen LogP contribution >= 0.6 is 47.8 Å². The summed E-state index contributed by atoms with van der Waals surface area (Å²) < 4.78 is 30.8. The van der Waals surface area contributed by atoms with Crippen LogP contribution in [0, 0.1) is 0 Å². The number of nitrogens with one attached hydrogen (secondary N) is 1. The molecule has 0 unspecified atom stereocenters. The van der Waals surface area contributed by atoms with Crippen molar-refractivity contribution < 1.29 is 8.42 Å². The lowest BCUT2D eigenvalue weighted by Crippen LogP contribution is -2.14. The lowest BCUT2D eigenvalue weighted by atomic mass is 10.3. The van der Waals surface area contributed by atoms with E-state index in [1.54, 1.807) is 12.1 Å². The Bertz CT molecular complexity index is 738. The van der Waals surface area contributed by atoms with Gasteiger partial charge in [-0.2, -0.15) is 5.10 Å². The molecule has 10 heteroatoms. The summed E-state index contributed by atoms with van der Waals surface area (Å²) in [5, 5.41) is 3.96. The average molecular weight is 503 g/mol. The zero-order chi connectivity index (χ0) is 15.6. The highest BCUT2D eigenvalue weighted by Gasteiger charge is 2.19. The Morgan fingerprint density at radius 2 is 1.86 bits per heavy atom. The van der Waals surface area contributed by atoms with E-state index < -0.39 is 10.0 Å². The molecule has 0 aliphatic rings. The van der Waals surface area contributed by atoms with Gasteiger partial charge in [0.15, 0.2) is 0 Å². The summed E-state index contributed by atoms with van der Waals surface area (Å²) in [5.74, 6) is 0. The molecule has 0 saturated heterocycles. The normalized spacial score (nSPS) is 11.6. The largest absolute Gasteiger partial charge is 0.329 e. The standard InChI is InChI=1S/C11H11Br3N4O2S/c12-7-3-9(13)11(10(14)4-7)17-21(19,20)8-5-16-18(6-8)2-1-15/h3-6,17H,1-2,15H2. The molecule has 1 aromatic heterocycles. The molecule has 6 nitrogen and oxygen atoms in total. The van der Waals surface area contributed by atoms with Crippen LogP contribution < -0.4 is 10.5 Å². The van der Waals surface area contributed by atoms with Crippen LogP contribution in [0.4, 0.5) is 5.69 Å². The lowest BCUT2D eigenvalue weighted by molar-refractivity contribution is 0.599. The number of nitrogens with two attached hydrogens (primary N) is 1. The van der Waals surface area contributed by atoms with E-state index in [1.807, 2.05) is 0 Å². The Labute approximate surface area is 147 Å². The number of halogens is 3. The van der Waals surface area contributed by atoms with Gasteiger partial charge in [0.25, 0.3) is 10.0 Å². The van der Waals surface area contributed by atoms with Gasteiger partial charge >= 0.3 is 0 Å². The van der Waals surface area contributed by atoms with Gasteiger partial charge in [-0.15, -0.1) is 0 Å². The third kappa shape index (κ3) is 4.07. The van der Waals surface area contributed by atoms with Crippen LogP contribution in [0.25, 0.3) is 0 Å². The van der Waals surface area contributed by atoms with Crippen molar-refractivity contribution in [3.63, 3.8) is 0 Å². The van der Waals surface area contributed by atoms with Crippen LogP contribution in [0.2, 0.25) is 0 Å². The van der Waals surface area contributed by atoms with Crippen LogP contribution in [-0.4, -0.2) is 24.7 Å². The fourth-order valence-corrected chi connectivity index (χ4v) is 5.34. The second kappa shape index (κ2) is 6.78. The maximum absolute atomic E-state index is 12.4. The summed E-state index contributed by atoms with van der Waals surface area (Å²) >= 11 is 9.99. The minimum atomic E-state index is -3.72. The van der Waals surface area contributed by atoms with Gasteiger partial charge in [0.1, 0.15) is 4.90 Å². The van der Waals surface area contributed by atoms with Crippen LogP contribution in [-0.2, 0) is 16.6 Å². The van der Waals surface area contributed by atoms with Crippen molar-refractivity contribution >= 4 is 63.5 Å². The van der Waals surface area contributed by atoms with Crippen molar-refractivity contribution in [1.29, 1.82) is 0 Å². The second-order valence-corrected chi connectivity index (χ2v) is 8.38. The molecule has 21 heavy (non-hydrogen) atoms. The summed E-state index contributed by atoms with van der Waals surface area (Å²) in [4.78, 5) is 0.0812. The summed E-state index contributed by atoms with van der Waals surface area (Å²) in [6, 6.07) is 3.50. The van der Waals surface area contributed by atoms with Gasteiger partial charge in [-0.3, -0.25) is 9.40 Å². The average Bonchev–Trinajstić information content (AvgIpc) is 2.84. The van der Waals surface area contributed by atoms with Gasteiger partial charge in [0.05, 0.1) is 18.4 Å². The van der Waals surface area contributed by atoms with E-state index in [-0.39, 0.29) is 4.90 Å². The Morgan fingerprint density at radius 3 is 2.43 bits per heavy atom. The minimum absolute atomic E-state index is 0.0812. The maximum Gasteiger partial charge on any atom is 0.265 e. The lowest BCUT2D eigenvalue weighted by Gasteiger charge is -2.11. The topological polar surface area (TPSA) is 90.0 Å². The molecule has 1 aromatic carbocycles. The summed E-state index contributed by atoms with van der Waals surface area (Å²) in [7, 11) is -3.72. The highest BCUT2D eigenvalue weighted by Crippen LogP contribution is 2.35. The number of hydrogen-bond acceptors (Lipinski definition) is 4. The molecular weight excluding hydrogens is 492 g/mol. The number of nitrogens with zero attached hydrogens (tertiary/aromatic N) is 2. The SMILES string of the molecule is NCCn1cc(S(=O)(=O)Nc2c(Br)cc(Br)cc2Br)cn1. The summed E-state index contributed by atoms with van der Waals surface area (Å²) in [6.07, 6.45) is 2.73. The Hall–Kier alpha value is -0.420. The Morgan fingerprint density at radius 1 is 1.24 bits per heavy atom. The molecule has 114 valence electrons. The molecule has 0 atom stereocenters. The zero-order valence-electron chi connectivity index (χ0n) is 10.6. The molecular formula is C11H11Br3N4O2S. The molecule has 0 fully saturated rings. The monoisotopic (exact) mass is 500 g/mol. The van der Waals surface area contributed by atoms with Gasteiger partial charge < -0.3 is 5.73 Å². The van der Waals surface area contributed by atoms with Gasteiger partial charge in [-0.05, 0) is 44.0 Å². The molecule has 2 aromatic rings. The first-order chi connectivity index (χ1) is 9.83. The molecule has 0 saturated carbocycles. The first-order valence-electron chi connectivity index (χ1n) is 5.73. The van der Waals surface area contributed by atoms with Crippen molar-refractivity contribution in [2.75, 3.05) is 11.3 Å². The number of anilines is 1. The van der Waals surface area contributed by atoms with E-state index in [1.165, 1.54) is 17.1 Å². The van der Waals surface area contributed by atoms with Gasteiger partial charge in [-0.1, -0.05) is 15.9 Å². The third-order valence-electron chi connectivity index (χ3n) is 2.52. The number of hydrogen-bond donors (Lipinski definition) is 2. The fourth-order valence-electron chi connectivity index (χ4n) is 1.57. The highest BCUT2D eigenvalue weighted by atomic mass is 79.9. The first-order valence-corrected chi connectivity index (χ1v) is 9.59. The number of sulfonamides is 1. The van der Waals surface area contributed by atoms with Crippen molar-refractivity contribution in [2.45, 2.75) is 11.4 Å². The van der Waals surface area contributed by atoms with Crippen LogP contribution in [0.1, 0.15) is 0 Å². The zero-order valence-corrected chi connectivity index (χ0v) is 16.1. The smallest absolute Gasteiger partial charge is 0.265 e. The fraction of sp³-hybridized carbons (Fsp3) is 0.182. The van der Waals surface area contributed by atoms with Gasteiger partial charge in [0, 0.05) is 26.2 Å². The van der Waals surface area contributed by atoms with E-state index in [0.29, 0.717) is 27.7 Å². The number of benzene rings is 1. The maximum atomic E-state index is 12.4. The van der Waals surface area contributed by atoms with Crippen LogP contribution in [0.15, 0.2) is 42.8 Å². The van der Waals surface area contributed by atoms with Gasteiger partial charge in [-0.25, -0.2) is 8.42 Å². The first kappa shape index (κ1) is 16.9. The molecule has 1 heterocycles. The number of rotatable bonds is 5. The van der Waals surface area contributed by atoms with Crippen molar-refractivity contribution in [3.8, 4) is 0 Å². The molecule has 0 radical (unpaired) electrons. The molecule has 2 rings (SSSR count). The van der Waals surface area contributed by atoms with E-state index in [9.17, 15) is 8.42 Å². The summed E-state index contributed by atoms with van der Waals surface area (Å²) in [6.45, 7) is 0.847. The molecule has 0 bridgehead atoms. The summed E-state index contributed by atoms with van der Waals surface area (Å²) in [5.41, 5.74) is 5.83. The molecule has 0 aliphatic heterocycles. The van der Waals surface area contributed by atoms with Crippen LogP contribution in [0.5, 0.6) is 0 Å². The van der Waals surface area contributed by atoms with E-state index in [4.69, 9.17) is 5.73 Å². The van der Waals surface area contributed by atoms with Gasteiger partial charge in [0.2, 0.25) is 0 Å². The Balaban J connectivity index is 2.33. The third-order valence-corrected chi connectivity index (χ3v) is 5.53. The van der Waals surface area contributed by atoms with Crippen molar-refractivity contribution in [2.24, 2.45) is 5.73 Å². The Kier molecular flexibility index (Phi) is 5.47. The molecule has 0 aliphatic carbocycles.